The highest BCUT2D eigenvalue weighted by molar-refractivity contribution is 7.46. The fourth-order valence-corrected chi connectivity index (χ4v) is 5.63. The number of ether oxygens (including phenoxy) is 2. The maximum atomic E-state index is 12.4. The van der Waals surface area contributed by atoms with Gasteiger partial charge in [-0.15, -0.1) is 0 Å². The zero-order chi connectivity index (χ0) is 38.2. The van der Waals surface area contributed by atoms with E-state index >= 15 is 0 Å². The molecule has 0 aromatic rings. The number of phosphoric acid groups is 1. The van der Waals surface area contributed by atoms with E-state index in [1.165, 1.54) is 96.0 Å². The Hall–Kier alpha value is -2.51. The smallest absolute Gasteiger partial charge is 0.458 e. The van der Waals surface area contributed by atoms with Crippen LogP contribution in [0.1, 0.15) is 168 Å². The lowest BCUT2D eigenvalue weighted by molar-refractivity contribution is -0.159. The van der Waals surface area contributed by atoms with E-state index in [-0.39, 0.29) is 13.0 Å². The molecule has 8 nitrogen and oxygen atoms in total. The van der Waals surface area contributed by atoms with E-state index in [1.54, 1.807) is 12.2 Å². The number of carbonyl (C=O) groups excluding carboxylic acids is 2. The van der Waals surface area contributed by atoms with Crippen molar-refractivity contribution in [1.82, 2.24) is 0 Å². The Morgan fingerprint density at radius 1 is 0.558 bits per heavy atom. The summed E-state index contributed by atoms with van der Waals surface area (Å²) >= 11 is 0. The average Bonchev–Trinajstić information content (AvgIpc) is 3.11. The van der Waals surface area contributed by atoms with Crippen molar-refractivity contribution in [1.29, 1.82) is 0 Å². The van der Waals surface area contributed by atoms with Crippen molar-refractivity contribution in [2.75, 3.05) is 13.2 Å². The summed E-state index contributed by atoms with van der Waals surface area (Å²) in [4.78, 5) is 42.6. The molecule has 52 heavy (non-hydrogen) atoms. The molecule has 0 bridgehead atoms. The number of carbonyl (C=O) groups is 2. The fraction of sp³-hybridized carbons (Fsp3) is 0.674. The number of hydrogen-bond donors (Lipinski definition) is 2. The second-order valence-corrected chi connectivity index (χ2v) is 14.6. The Morgan fingerprint density at radius 3 is 1.54 bits per heavy atom. The number of unbranched alkanes of at least 4 members (excludes halogenated alkanes) is 17. The molecule has 1 atom stereocenters. The highest BCUT2D eigenvalue weighted by atomic mass is 31.2. The van der Waals surface area contributed by atoms with Crippen LogP contribution in [0.5, 0.6) is 0 Å². The Bertz CT molecular complexity index is 1070. The van der Waals surface area contributed by atoms with Gasteiger partial charge in [0, 0.05) is 12.5 Å². The van der Waals surface area contributed by atoms with Gasteiger partial charge >= 0.3 is 19.8 Å². The van der Waals surface area contributed by atoms with Crippen LogP contribution in [0.25, 0.3) is 0 Å². The molecule has 0 fully saturated rings. The molecule has 0 aliphatic rings. The highest BCUT2D eigenvalue weighted by Gasteiger charge is 2.22. The van der Waals surface area contributed by atoms with Crippen LogP contribution in [0, 0.1) is 0 Å². The lowest BCUT2D eigenvalue weighted by Gasteiger charge is -2.18. The summed E-state index contributed by atoms with van der Waals surface area (Å²) in [6.45, 7) is 3.51. The molecule has 0 heterocycles. The summed E-state index contributed by atoms with van der Waals surface area (Å²) in [5.74, 6) is -1.18. The molecule has 0 aliphatic heterocycles. The van der Waals surface area contributed by atoms with E-state index in [1.807, 2.05) is 6.08 Å². The SMILES string of the molecule is CCCCC/C=C/C/C=C/C/C=C/C/C=C/CCCCCC(=O)O[C@H](COC(=O)/C=C/C=C/CCCCCCCCCCCCC)COP(=O)(O)O. The van der Waals surface area contributed by atoms with Gasteiger partial charge in [-0.1, -0.05) is 164 Å². The second-order valence-electron chi connectivity index (χ2n) is 13.3. The number of esters is 2. The summed E-state index contributed by atoms with van der Waals surface area (Å²) in [6, 6.07) is 0. The van der Waals surface area contributed by atoms with Crippen molar-refractivity contribution in [3.63, 3.8) is 0 Å². The van der Waals surface area contributed by atoms with E-state index in [9.17, 15) is 14.2 Å². The summed E-state index contributed by atoms with van der Waals surface area (Å²) in [6.07, 6.45) is 49.6. The van der Waals surface area contributed by atoms with Gasteiger partial charge in [-0.3, -0.25) is 9.32 Å². The normalized spacial score (nSPS) is 13.2. The van der Waals surface area contributed by atoms with Gasteiger partial charge < -0.3 is 19.3 Å². The first-order chi connectivity index (χ1) is 25.3. The maximum Gasteiger partial charge on any atom is 0.469 e. The van der Waals surface area contributed by atoms with Gasteiger partial charge in [0.25, 0.3) is 0 Å². The zero-order valence-corrected chi connectivity index (χ0v) is 33.6. The first-order valence-corrected chi connectivity index (χ1v) is 21.8. The summed E-state index contributed by atoms with van der Waals surface area (Å²) < 4.78 is 26.1. The topological polar surface area (TPSA) is 119 Å². The Balaban J connectivity index is 4.12. The molecule has 298 valence electrons. The summed E-state index contributed by atoms with van der Waals surface area (Å²) in [5.41, 5.74) is 0. The number of allylic oxidation sites excluding steroid dienone is 11. The van der Waals surface area contributed by atoms with E-state index in [0.717, 1.165) is 51.4 Å². The largest absolute Gasteiger partial charge is 0.469 e. The Morgan fingerprint density at radius 2 is 1.00 bits per heavy atom. The minimum Gasteiger partial charge on any atom is -0.458 e. The third-order valence-corrected chi connectivity index (χ3v) is 8.79. The number of rotatable bonds is 36. The Kier molecular flexibility index (Phi) is 36.4. The molecule has 0 aromatic heterocycles. The van der Waals surface area contributed by atoms with Crippen LogP contribution in [0.2, 0.25) is 0 Å². The minimum absolute atomic E-state index is 0.152. The molecule has 0 unspecified atom stereocenters. The molecule has 0 saturated heterocycles. The third kappa shape index (κ3) is 40.3. The van der Waals surface area contributed by atoms with Crippen LogP contribution < -0.4 is 0 Å². The van der Waals surface area contributed by atoms with Crippen molar-refractivity contribution < 1.29 is 37.9 Å². The van der Waals surface area contributed by atoms with Gasteiger partial charge in [-0.25, -0.2) is 9.36 Å². The fourth-order valence-electron chi connectivity index (χ4n) is 5.27. The molecule has 0 spiro atoms. The molecule has 0 rings (SSSR count). The van der Waals surface area contributed by atoms with E-state index in [4.69, 9.17) is 19.3 Å². The lowest BCUT2D eigenvalue weighted by atomic mass is 10.1. The second kappa shape index (κ2) is 38.2. The molecule has 2 N–H and O–H groups in total. The predicted molar refractivity (Wildman–Crippen MR) is 216 cm³/mol. The first kappa shape index (κ1) is 49.5. The number of hydrogen-bond acceptors (Lipinski definition) is 6. The molecule has 0 aromatic carbocycles. The predicted octanol–water partition coefficient (Wildman–Crippen LogP) is 12.3. The van der Waals surface area contributed by atoms with Crippen molar-refractivity contribution in [2.24, 2.45) is 0 Å². The molecule has 0 saturated carbocycles. The van der Waals surface area contributed by atoms with Crippen LogP contribution >= 0.6 is 7.82 Å². The molecular weight excluding hydrogens is 675 g/mol. The Labute approximate surface area is 317 Å². The average molecular weight is 749 g/mol. The van der Waals surface area contributed by atoms with Crippen LogP contribution in [0.15, 0.2) is 72.9 Å². The van der Waals surface area contributed by atoms with Crippen LogP contribution in [-0.4, -0.2) is 41.0 Å². The quantitative estimate of drug-likeness (QED) is 0.0162. The molecule has 0 radical (unpaired) electrons. The van der Waals surface area contributed by atoms with E-state index in [0.29, 0.717) is 6.42 Å². The van der Waals surface area contributed by atoms with Crippen LogP contribution in [0.3, 0.4) is 0 Å². The van der Waals surface area contributed by atoms with Crippen molar-refractivity contribution in [3.05, 3.63) is 72.9 Å². The van der Waals surface area contributed by atoms with Crippen LogP contribution in [-0.2, 0) is 28.2 Å². The maximum absolute atomic E-state index is 12.4. The molecule has 0 amide bonds. The van der Waals surface area contributed by atoms with Gasteiger partial charge in [0.2, 0.25) is 0 Å². The monoisotopic (exact) mass is 749 g/mol. The van der Waals surface area contributed by atoms with Gasteiger partial charge in [-0.05, 0) is 64.2 Å². The van der Waals surface area contributed by atoms with Crippen molar-refractivity contribution in [2.45, 2.75) is 174 Å². The number of phosphoric ester groups is 1. The minimum atomic E-state index is -4.79. The zero-order valence-electron chi connectivity index (χ0n) is 32.7. The van der Waals surface area contributed by atoms with E-state index < -0.39 is 32.5 Å². The highest BCUT2D eigenvalue weighted by Crippen LogP contribution is 2.35. The van der Waals surface area contributed by atoms with E-state index in [2.05, 4.69) is 67.0 Å². The summed E-state index contributed by atoms with van der Waals surface area (Å²) in [7, 11) is -4.79. The lowest BCUT2D eigenvalue weighted by Crippen LogP contribution is -2.29. The van der Waals surface area contributed by atoms with Gasteiger partial charge in [0.15, 0.2) is 6.10 Å². The van der Waals surface area contributed by atoms with Gasteiger partial charge in [-0.2, -0.15) is 0 Å². The first-order valence-electron chi connectivity index (χ1n) is 20.3. The molecular formula is C43H73O8P. The standard InChI is InChI=1S/C43H73O8P/c1-3-5-7-9-11-13-15-17-19-20-21-22-24-26-28-30-32-34-36-38-43(45)51-41(40-50-52(46,47)48)39-49-42(44)37-35-33-31-29-27-25-23-18-16-14-12-10-8-6-4-2/h11,13,17,19,21-22,26,28,31,33,35,37,41H,3-10,12,14-16,18,20,23-25,27,29-30,32,34,36,38-40H2,1-2H3,(H2,46,47,48)/b13-11+,19-17+,22-21+,28-26+,33-31+,37-35+/t41-/m1/s1. The third-order valence-electron chi connectivity index (χ3n) is 8.30. The van der Waals surface area contributed by atoms with Crippen molar-refractivity contribution in [3.8, 4) is 0 Å². The van der Waals surface area contributed by atoms with Crippen LogP contribution in [0.4, 0.5) is 0 Å². The van der Waals surface area contributed by atoms with Gasteiger partial charge in [0.1, 0.15) is 6.61 Å². The van der Waals surface area contributed by atoms with Crippen molar-refractivity contribution >= 4 is 19.8 Å². The molecule has 9 heteroatoms. The summed E-state index contributed by atoms with van der Waals surface area (Å²) in [5, 5.41) is 0. The van der Waals surface area contributed by atoms with Gasteiger partial charge in [0.05, 0.1) is 6.61 Å². The molecule has 0 aliphatic carbocycles.